The van der Waals surface area contributed by atoms with E-state index < -0.39 is 29.4 Å². The Labute approximate surface area is 277 Å². The van der Waals surface area contributed by atoms with Crippen LogP contribution in [0.4, 0.5) is 18.9 Å². The third-order valence-electron chi connectivity index (χ3n) is 9.57. The molecule has 1 aromatic heterocycles. The standard InChI is InChI=1S/C38H48F3N3O3/c1-23-9-10-26(19-30(23)38(39,40)41)21-43-16-13-27-20-28(11-12-29(27)22-43)31-24(2)42-25(3)32(34(35(45)46)47-36(4,5)6)33(31)44-17-14-37(7,8)15-18-44/h9-12,19-20,34H,13-18,21-22H2,1-8H3,(H,45,46). The number of carboxylic acid groups (broad SMARTS) is 1. The smallest absolute Gasteiger partial charge is 0.416 e. The maximum absolute atomic E-state index is 13.5. The van der Waals surface area contributed by atoms with E-state index in [-0.39, 0.29) is 11.0 Å². The Kier molecular flexibility index (Phi) is 9.56. The second-order valence-corrected chi connectivity index (χ2v) is 15.1. The zero-order valence-electron chi connectivity index (χ0n) is 28.9. The Balaban J connectivity index is 1.53. The van der Waals surface area contributed by atoms with Crippen LogP contribution in [0.2, 0.25) is 0 Å². The van der Waals surface area contributed by atoms with Gasteiger partial charge in [0.15, 0.2) is 6.10 Å². The molecule has 0 bridgehead atoms. The maximum Gasteiger partial charge on any atom is 0.416 e. The number of pyridine rings is 1. The molecule has 0 saturated carbocycles. The van der Waals surface area contributed by atoms with Gasteiger partial charge in [0.05, 0.1) is 16.9 Å². The van der Waals surface area contributed by atoms with Gasteiger partial charge in [-0.1, -0.05) is 44.2 Å². The Morgan fingerprint density at radius 1 is 0.979 bits per heavy atom. The molecule has 254 valence electrons. The summed E-state index contributed by atoms with van der Waals surface area (Å²) in [5.41, 5.74) is 7.04. The van der Waals surface area contributed by atoms with Crippen LogP contribution >= 0.6 is 0 Å². The number of aromatic nitrogens is 1. The van der Waals surface area contributed by atoms with Gasteiger partial charge in [-0.2, -0.15) is 13.2 Å². The lowest BCUT2D eigenvalue weighted by atomic mass is 9.81. The average Bonchev–Trinajstić information content (AvgIpc) is 2.95. The van der Waals surface area contributed by atoms with Crippen molar-refractivity contribution in [3.05, 3.63) is 81.2 Å². The summed E-state index contributed by atoms with van der Waals surface area (Å²) in [5, 5.41) is 10.5. The molecule has 6 nitrogen and oxygen atoms in total. The summed E-state index contributed by atoms with van der Waals surface area (Å²) in [6.45, 7) is 18.9. The molecule has 0 radical (unpaired) electrons. The number of halogens is 3. The van der Waals surface area contributed by atoms with E-state index in [0.717, 1.165) is 67.0 Å². The Hall–Kier alpha value is -3.43. The van der Waals surface area contributed by atoms with Gasteiger partial charge in [-0.15, -0.1) is 0 Å². The van der Waals surface area contributed by atoms with Crippen molar-refractivity contribution in [3.8, 4) is 11.1 Å². The first-order chi connectivity index (χ1) is 21.8. The number of carbonyl (C=O) groups is 1. The molecule has 2 aliphatic rings. The fourth-order valence-corrected chi connectivity index (χ4v) is 6.99. The number of aryl methyl sites for hydroxylation is 3. The molecular formula is C38H48F3N3O3. The largest absolute Gasteiger partial charge is 0.479 e. The predicted molar refractivity (Wildman–Crippen MR) is 180 cm³/mol. The molecule has 1 atom stereocenters. The lowest BCUT2D eigenvalue weighted by molar-refractivity contribution is -0.160. The Morgan fingerprint density at radius 2 is 1.66 bits per heavy atom. The van der Waals surface area contributed by atoms with Crippen molar-refractivity contribution in [2.24, 2.45) is 5.41 Å². The first kappa shape index (κ1) is 34.9. The van der Waals surface area contributed by atoms with E-state index in [4.69, 9.17) is 9.72 Å². The minimum atomic E-state index is -4.37. The molecule has 5 rings (SSSR count). The summed E-state index contributed by atoms with van der Waals surface area (Å²) in [7, 11) is 0. The van der Waals surface area contributed by atoms with E-state index in [0.29, 0.717) is 29.9 Å². The number of piperidine rings is 1. The van der Waals surface area contributed by atoms with Crippen molar-refractivity contribution in [1.82, 2.24) is 9.88 Å². The van der Waals surface area contributed by atoms with Crippen LogP contribution < -0.4 is 4.90 Å². The highest BCUT2D eigenvalue weighted by Gasteiger charge is 2.37. The molecule has 0 amide bonds. The molecule has 3 aromatic rings. The fourth-order valence-electron chi connectivity index (χ4n) is 6.99. The van der Waals surface area contributed by atoms with Crippen molar-refractivity contribution in [3.63, 3.8) is 0 Å². The molecule has 3 heterocycles. The number of fused-ring (bicyclic) bond motifs is 1. The highest BCUT2D eigenvalue weighted by Crippen LogP contribution is 2.45. The van der Waals surface area contributed by atoms with E-state index in [9.17, 15) is 23.1 Å². The van der Waals surface area contributed by atoms with Crippen molar-refractivity contribution in [2.45, 2.75) is 106 Å². The molecule has 47 heavy (non-hydrogen) atoms. The second kappa shape index (κ2) is 12.9. The lowest BCUT2D eigenvalue weighted by Gasteiger charge is -2.41. The minimum absolute atomic E-state index is 0.201. The van der Waals surface area contributed by atoms with Crippen molar-refractivity contribution in [2.75, 3.05) is 24.5 Å². The third kappa shape index (κ3) is 7.83. The van der Waals surface area contributed by atoms with Gasteiger partial charge in [-0.05, 0) is 100 Å². The zero-order chi connectivity index (χ0) is 34.5. The molecular weight excluding hydrogens is 603 g/mol. The summed E-state index contributed by atoms with van der Waals surface area (Å²) in [5.74, 6) is -1.04. The summed E-state index contributed by atoms with van der Waals surface area (Å²) >= 11 is 0. The molecule has 2 aliphatic heterocycles. The number of hydrogen-bond donors (Lipinski definition) is 1. The monoisotopic (exact) mass is 651 g/mol. The summed E-state index contributed by atoms with van der Waals surface area (Å²) < 4.78 is 46.8. The fraction of sp³-hybridized carbons (Fsp3) is 0.526. The number of aliphatic carboxylic acids is 1. The molecule has 9 heteroatoms. The maximum atomic E-state index is 13.5. The molecule has 1 N–H and O–H groups in total. The van der Waals surface area contributed by atoms with Crippen LogP contribution in [0.15, 0.2) is 36.4 Å². The number of rotatable bonds is 7. The molecule has 0 spiro atoms. The normalized spacial score (nSPS) is 17.8. The first-order valence-electron chi connectivity index (χ1n) is 16.5. The van der Waals surface area contributed by atoms with Gasteiger partial charge in [-0.3, -0.25) is 9.88 Å². The number of alkyl halides is 3. The number of benzene rings is 2. The highest BCUT2D eigenvalue weighted by molar-refractivity contribution is 5.88. The van der Waals surface area contributed by atoms with Crippen molar-refractivity contribution >= 4 is 11.7 Å². The number of carboxylic acids is 1. The van der Waals surface area contributed by atoms with E-state index in [1.54, 1.807) is 12.1 Å². The van der Waals surface area contributed by atoms with Gasteiger partial charge in [-0.25, -0.2) is 4.79 Å². The van der Waals surface area contributed by atoms with Gasteiger partial charge < -0.3 is 14.7 Å². The van der Waals surface area contributed by atoms with Crippen LogP contribution in [0.25, 0.3) is 11.1 Å². The van der Waals surface area contributed by atoms with Crippen LogP contribution in [0.3, 0.4) is 0 Å². The van der Waals surface area contributed by atoms with Crippen LogP contribution in [0.1, 0.15) is 98.3 Å². The average molecular weight is 652 g/mol. The Bertz CT molecular complexity index is 1650. The molecule has 1 unspecified atom stereocenters. The van der Waals surface area contributed by atoms with E-state index >= 15 is 0 Å². The lowest BCUT2D eigenvalue weighted by Crippen LogP contribution is -2.39. The van der Waals surface area contributed by atoms with Gasteiger partial charge in [0.2, 0.25) is 0 Å². The van der Waals surface area contributed by atoms with E-state index in [1.807, 2.05) is 34.6 Å². The summed E-state index contributed by atoms with van der Waals surface area (Å²) in [6, 6.07) is 11.0. The Morgan fingerprint density at radius 3 is 2.28 bits per heavy atom. The third-order valence-corrected chi connectivity index (χ3v) is 9.57. The van der Waals surface area contributed by atoms with E-state index in [1.165, 1.54) is 18.6 Å². The van der Waals surface area contributed by atoms with Gasteiger partial charge in [0.1, 0.15) is 0 Å². The predicted octanol–water partition coefficient (Wildman–Crippen LogP) is 8.82. The zero-order valence-corrected chi connectivity index (χ0v) is 28.9. The highest BCUT2D eigenvalue weighted by atomic mass is 19.4. The van der Waals surface area contributed by atoms with Gasteiger partial charge >= 0.3 is 12.1 Å². The van der Waals surface area contributed by atoms with Crippen LogP contribution in [-0.4, -0.2) is 46.2 Å². The van der Waals surface area contributed by atoms with Crippen LogP contribution in [-0.2, 0) is 35.2 Å². The summed E-state index contributed by atoms with van der Waals surface area (Å²) in [6.07, 6.45) is -2.84. The number of ether oxygens (including phenoxy) is 1. The molecule has 2 aromatic carbocycles. The quantitative estimate of drug-likeness (QED) is 0.276. The van der Waals surface area contributed by atoms with Crippen molar-refractivity contribution < 1.29 is 27.8 Å². The molecule has 1 fully saturated rings. The van der Waals surface area contributed by atoms with Gasteiger partial charge in [0, 0.05) is 55.2 Å². The topological polar surface area (TPSA) is 65.9 Å². The second-order valence-electron chi connectivity index (χ2n) is 15.1. The first-order valence-corrected chi connectivity index (χ1v) is 16.5. The minimum Gasteiger partial charge on any atom is -0.479 e. The van der Waals surface area contributed by atoms with E-state index in [2.05, 4.69) is 41.8 Å². The number of nitrogens with zero attached hydrogens (tertiary/aromatic N) is 3. The summed E-state index contributed by atoms with van der Waals surface area (Å²) in [4.78, 5) is 22.2. The molecule has 0 aliphatic carbocycles. The van der Waals surface area contributed by atoms with Crippen LogP contribution in [0.5, 0.6) is 0 Å². The SMILES string of the molecule is Cc1ccc(CN2CCc3cc(-c4c(C)nc(C)c(C(OC(C)(C)C)C(=O)O)c4N4CCC(C)(C)CC4)ccc3C2)cc1C(F)(F)F. The number of hydrogen-bond acceptors (Lipinski definition) is 5. The van der Waals surface area contributed by atoms with Crippen LogP contribution in [0, 0.1) is 26.2 Å². The molecule has 1 saturated heterocycles. The van der Waals surface area contributed by atoms with Gasteiger partial charge in [0.25, 0.3) is 0 Å². The number of anilines is 1. The van der Waals surface area contributed by atoms with Crippen molar-refractivity contribution in [1.29, 1.82) is 0 Å².